The number of carbonyl (C=O) groups excluding carboxylic acids is 2. The summed E-state index contributed by atoms with van der Waals surface area (Å²) in [6.45, 7) is 1.98. The Bertz CT molecular complexity index is 1080. The van der Waals surface area contributed by atoms with E-state index in [0.717, 1.165) is 16.6 Å². The van der Waals surface area contributed by atoms with Crippen LogP contribution in [0.15, 0.2) is 48.5 Å². The first kappa shape index (κ1) is 14.4. The van der Waals surface area contributed by atoms with Gasteiger partial charge in [0.05, 0.1) is 28.0 Å². The second-order valence-electron chi connectivity index (χ2n) is 6.89. The molecular formula is C20H15FN2O2. The highest BCUT2D eigenvalue weighted by molar-refractivity contribution is 6.12. The van der Waals surface area contributed by atoms with E-state index in [4.69, 9.17) is 0 Å². The van der Waals surface area contributed by atoms with Gasteiger partial charge in [0.15, 0.2) is 0 Å². The Balaban J connectivity index is 1.95. The topological polar surface area (TPSA) is 42.3 Å². The molecule has 2 aliphatic heterocycles. The summed E-state index contributed by atoms with van der Waals surface area (Å²) >= 11 is 0. The van der Waals surface area contributed by atoms with Crippen molar-refractivity contribution >= 4 is 28.4 Å². The monoisotopic (exact) mass is 334 g/mol. The smallest absolute Gasteiger partial charge is 0.264 e. The number of nitrogens with zero attached hydrogens (tertiary/aromatic N) is 2. The number of rotatable bonds is 0. The Hall–Kier alpha value is -2.95. The first-order valence-electron chi connectivity index (χ1n) is 8.29. The van der Waals surface area contributed by atoms with Gasteiger partial charge in [0.2, 0.25) is 5.91 Å². The third-order valence-electron chi connectivity index (χ3n) is 5.46. The summed E-state index contributed by atoms with van der Waals surface area (Å²) in [4.78, 5) is 27.6. The molecule has 124 valence electrons. The summed E-state index contributed by atoms with van der Waals surface area (Å²) < 4.78 is 15.5. The van der Waals surface area contributed by atoms with E-state index in [1.807, 2.05) is 37.3 Å². The molecule has 0 saturated carbocycles. The standard InChI is InChI=1S/C20H15FN2O2/c1-20-9-8-18(24)23(20)16-7-6-13(21)11-14(16)19(25)22-15-5-3-2-4-12(15)10-17(20)22/h2-7,10-11H,8-9H2,1H3. The van der Waals surface area contributed by atoms with Gasteiger partial charge in [-0.2, -0.15) is 0 Å². The molecule has 1 unspecified atom stereocenters. The lowest BCUT2D eigenvalue weighted by Crippen LogP contribution is -2.41. The quantitative estimate of drug-likeness (QED) is 0.627. The first-order valence-corrected chi connectivity index (χ1v) is 8.29. The number of carbonyl (C=O) groups is 2. The van der Waals surface area contributed by atoms with Crippen LogP contribution in [0.1, 0.15) is 35.8 Å². The number of benzene rings is 2. The largest absolute Gasteiger partial charge is 0.300 e. The molecule has 1 fully saturated rings. The minimum Gasteiger partial charge on any atom is -0.300 e. The Kier molecular flexibility index (Phi) is 2.63. The Morgan fingerprint density at radius 3 is 2.72 bits per heavy atom. The average molecular weight is 334 g/mol. The Labute approximate surface area is 143 Å². The molecule has 0 N–H and O–H groups in total. The summed E-state index contributed by atoms with van der Waals surface area (Å²) in [5, 5.41) is 0.936. The second-order valence-corrected chi connectivity index (χ2v) is 6.89. The third-order valence-corrected chi connectivity index (χ3v) is 5.46. The SMILES string of the molecule is CC12CCC(=O)N1c1ccc(F)cc1C(=O)n1c2cc2ccccc21. The zero-order chi connectivity index (χ0) is 17.3. The highest BCUT2D eigenvalue weighted by Gasteiger charge is 2.49. The van der Waals surface area contributed by atoms with Crippen molar-refractivity contribution in [3.05, 3.63) is 65.6 Å². The summed E-state index contributed by atoms with van der Waals surface area (Å²) in [6.07, 6.45) is 1.02. The summed E-state index contributed by atoms with van der Waals surface area (Å²) in [5.74, 6) is -0.823. The predicted molar refractivity (Wildman–Crippen MR) is 92.1 cm³/mol. The van der Waals surface area contributed by atoms with Crippen LogP contribution >= 0.6 is 0 Å². The summed E-state index contributed by atoms with van der Waals surface area (Å²) in [6, 6.07) is 13.7. The van der Waals surface area contributed by atoms with E-state index in [1.165, 1.54) is 12.1 Å². The van der Waals surface area contributed by atoms with E-state index in [2.05, 4.69) is 0 Å². The number of fused-ring (bicyclic) bond motifs is 7. The minimum absolute atomic E-state index is 0.0399. The number of hydrogen-bond donors (Lipinski definition) is 0. The van der Waals surface area contributed by atoms with Crippen LogP contribution in [0, 0.1) is 5.82 Å². The van der Waals surface area contributed by atoms with Crippen LogP contribution in [0.4, 0.5) is 10.1 Å². The van der Waals surface area contributed by atoms with Crippen LogP contribution in [0.3, 0.4) is 0 Å². The summed E-state index contributed by atoms with van der Waals surface area (Å²) in [7, 11) is 0. The molecule has 0 spiro atoms. The van der Waals surface area contributed by atoms with Crippen LogP contribution in [0.25, 0.3) is 10.9 Å². The van der Waals surface area contributed by atoms with Crippen molar-refractivity contribution in [2.45, 2.75) is 25.3 Å². The lowest BCUT2D eigenvalue weighted by Gasteiger charge is -2.34. The Morgan fingerprint density at radius 2 is 1.88 bits per heavy atom. The van der Waals surface area contributed by atoms with E-state index in [1.54, 1.807) is 15.5 Å². The molecular weight excluding hydrogens is 319 g/mol. The van der Waals surface area contributed by atoms with Crippen LogP contribution < -0.4 is 4.90 Å². The molecule has 0 bridgehead atoms. The van der Waals surface area contributed by atoms with E-state index in [-0.39, 0.29) is 17.4 Å². The van der Waals surface area contributed by atoms with Gasteiger partial charge in [-0.3, -0.25) is 14.2 Å². The van der Waals surface area contributed by atoms with Gasteiger partial charge >= 0.3 is 0 Å². The number of anilines is 1. The molecule has 1 amide bonds. The van der Waals surface area contributed by atoms with E-state index >= 15 is 0 Å². The lowest BCUT2D eigenvalue weighted by molar-refractivity contribution is -0.117. The van der Waals surface area contributed by atoms with Gasteiger partial charge < -0.3 is 4.90 Å². The van der Waals surface area contributed by atoms with Crippen LogP contribution in [0.5, 0.6) is 0 Å². The number of amides is 1. The van der Waals surface area contributed by atoms with Gasteiger partial charge in [-0.1, -0.05) is 18.2 Å². The molecule has 5 rings (SSSR count). The van der Waals surface area contributed by atoms with Crippen molar-refractivity contribution in [1.82, 2.24) is 4.57 Å². The summed E-state index contributed by atoms with van der Waals surface area (Å²) in [5.41, 5.74) is 1.64. The maximum absolute atomic E-state index is 13.9. The van der Waals surface area contributed by atoms with Gasteiger partial charge in [0.1, 0.15) is 5.82 Å². The number of aromatic nitrogens is 1. The molecule has 0 radical (unpaired) electrons. The zero-order valence-corrected chi connectivity index (χ0v) is 13.6. The predicted octanol–water partition coefficient (Wildman–Crippen LogP) is 3.82. The molecule has 1 atom stereocenters. The molecule has 1 aromatic heterocycles. The van der Waals surface area contributed by atoms with Gasteiger partial charge in [-0.25, -0.2) is 4.39 Å². The Morgan fingerprint density at radius 1 is 1.08 bits per heavy atom. The van der Waals surface area contributed by atoms with Crippen molar-refractivity contribution in [3.63, 3.8) is 0 Å². The molecule has 2 aliphatic rings. The third kappa shape index (κ3) is 1.70. The fourth-order valence-corrected chi connectivity index (χ4v) is 4.26. The van der Waals surface area contributed by atoms with Gasteiger partial charge in [0, 0.05) is 11.8 Å². The van der Waals surface area contributed by atoms with Crippen molar-refractivity contribution in [1.29, 1.82) is 0 Å². The van der Waals surface area contributed by atoms with Crippen molar-refractivity contribution < 1.29 is 14.0 Å². The van der Waals surface area contributed by atoms with Crippen LogP contribution in [0.2, 0.25) is 0 Å². The minimum atomic E-state index is -0.630. The van der Waals surface area contributed by atoms with Crippen molar-refractivity contribution in [2.75, 3.05) is 4.90 Å². The van der Waals surface area contributed by atoms with Gasteiger partial charge in [0.25, 0.3) is 5.91 Å². The molecule has 1 saturated heterocycles. The van der Waals surface area contributed by atoms with Crippen LogP contribution in [-0.4, -0.2) is 16.4 Å². The number of hydrogen-bond acceptors (Lipinski definition) is 2. The maximum atomic E-state index is 13.9. The fraction of sp³-hybridized carbons (Fsp3) is 0.200. The molecule has 25 heavy (non-hydrogen) atoms. The fourth-order valence-electron chi connectivity index (χ4n) is 4.26. The molecule has 2 aromatic carbocycles. The second kappa shape index (κ2) is 4.57. The molecule has 3 aromatic rings. The maximum Gasteiger partial charge on any atom is 0.264 e. The van der Waals surface area contributed by atoms with Gasteiger partial charge in [-0.15, -0.1) is 0 Å². The first-order chi connectivity index (χ1) is 12.0. The molecule has 5 heteroatoms. The molecule has 0 aliphatic carbocycles. The number of halogens is 1. The highest BCUT2D eigenvalue weighted by Crippen LogP contribution is 2.47. The number of para-hydroxylation sites is 1. The van der Waals surface area contributed by atoms with E-state index < -0.39 is 11.4 Å². The zero-order valence-electron chi connectivity index (χ0n) is 13.6. The lowest BCUT2D eigenvalue weighted by atomic mass is 9.94. The van der Waals surface area contributed by atoms with Crippen molar-refractivity contribution in [3.8, 4) is 0 Å². The molecule has 4 nitrogen and oxygen atoms in total. The molecule has 3 heterocycles. The highest BCUT2D eigenvalue weighted by atomic mass is 19.1. The van der Waals surface area contributed by atoms with Gasteiger partial charge in [-0.05, 0) is 43.7 Å². The normalized spacial score (nSPS) is 21.9. The van der Waals surface area contributed by atoms with E-state index in [0.29, 0.717) is 18.5 Å². The van der Waals surface area contributed by atoms with E-state index in [9.17, 15) is 14.0 Å². The average Bonchev–Trinajstić information content (AvgIpc) is 3.12. The van der Waals surface area contributed by atoms with Crippen LogP contribution in [-0.2, 0) is 10.3 Å². The van der Waals surface area contributed by atoms with Crippen molar-refractivity contribution in [2.24, 2.45) is 0 Å².